The lowest BCUT2D eigenvalue weighted by Crippen LogP contribution is -2.31. The Morgan fingerprint density at radius 3 is 2.18 bits per heavy atom. The summed E-state index contributed by atoms with van der Waals surface area (Å²) in [6.45, 7) is 9.53. The van der Waals surface area contributed by atoms with E-state index < -0.39 is 0 Å². The molecule has 7 heteroatoms. The molecular weight excluding hydrogens is 476 g/mol. The predicted octanol–water partition coefficient (Wildman–Crippen LogP) is 6.26. The SMILES string of the molecule is CCOc1cc(OCC)c(OCC)cc1CNCC1CCC(Nc2cc(N(C)C)c3ccccc3n2)CC1. The Balaban J connectivity index is 1.31. The first-order valence-corrected chi connectivity index (χ1v) is 14.1. The second-order valence-corrected chi connectivity index (χ2v) is 10.1. The number of nitrogens with one attached hydrogen (secondary N) is 2. The van der Waals surface area contributed by atoms with E-state index in [2.05, 4.69) is 66.0 Å². The van der Waals surface area contributed by atoms with E-state index >= 15 is 0 Å². The number of hydrogen-bond acceptors (Lipinski definition) is 7. The summed E-state index contributed by atoms with van der Waals surface area (Å²) in [5, 5.41) is 8.59. The topological polar surface area (TPSA) is 67.9 Å². The number of pyridine rings is 1. The minimum Gasteiger partial charge on any atom is -0.493 e. The Morgan fingerprint density at radius 1 is 0.842 bits per heavy atom. The fourth-order valence-corrected chi connectivity index (χ4v) is 5.28. The third-order valence-electron chi connectivity index (χ3n) is 7.15. The molecule has 1 fully saturated rings. The molecule has 2 aromatic carbocycles. The van der Waals surface area contributed by atoms with Crippen molar-refractivity contribution in [2.45, 2.75) is 59.0 Å². The van der Waals surface area contributed by atoms with Gasteiger partial charge in [0.05, 0.1) is 25.3 Å². The fourth-order valence-electron chi connectivity index (χ4n) is 5.28. The molecule has 7 nitrogen and oxygen atoms in total. The maximum absolute atomic E-state index is 5.93. The molecule has 38 heavy (non-hydrogen) atoms. The summed E-state index contributed by atoms with van der Waals surface area (Å²) in [7, 11) is 4.18. The molecule has 1 heterocycles. The van der Waals surface area contributed by atoms with Gasteiger partial charge in [-0.1, -0.05) is 18.2 Å². The van der Waals surface area contributed by atoms with Crippen LogP contribution in [0.4, 0.5) is 11.5 Å². The van der Waals surface area contributed by atoms with Crippen LogP contribution >= 0.6 is 0 Å². The van der Waals surface area contributed by atoms with Gasteiger partial charge in [-0.15, -0.1) is 0 Å². The highest BCUT2D eigenvalue weighted by Crippen LogP contribution is 2.36. The molecule has 206 valence electrons. The van der Waals surface area contributed by atoms with Crippen LogP contribution in [0.1, 0.15) is 52.0 Å². The average molecular weight is 521 g/mol. The van der Waals surface area contributed by atoms with Crippen LogP contribution in [-0.2, 0) is 6.54 Å². The third-order valence-corrected chi connectivity index (χ3v) is 7.15. The van der Waals surface area contributed by atoms with Gasteiger partial charge in [-0.05, 0) is 71.0 Å². The standard InChI is InChI=1S/C31H44N4O3/c1-6-36-28-19-30(38-8-3)29(37-7-2)17-23(28)21-32-20-22-13-15-24(16-14-22)33-31-18-27(35(4)5)25-11-9-10-12-26(25)34-31/h9-12,17-19,22,24,32H,6-8,13-16,20-21H2,1-5H3,(H,33,34). The van der Waals surface area contributed by atoms with Crippen molar-refractivity contribution in [3.8, 4) is 17.2 Å². The van der Waals surface area contributed by atoms with Crippen molar-refractivity contribution in [1.29, 1.82) is 0 Å². The second-order valence-electron chi connectivity index (χ2n) is 10.1. The number of benzene rings is 2. The summed E-state index contributed by atoms with van der Waals surface area (Å²) >= 11 is 0. The van der Waals surface area contributed by atoms with Gasteiger partial charge in [0.1, 0.15) is 11.6 Å². The minimum absolute atomic E-state index is 0.458. The summed E-state index contributed by atoms with van der Waals surface area (Å²) in [4.78, 5) is 7.06. The molecule has 3 aromatic rings. The van der Waals surface area contributed by atoms with Crippen molar-refractivity contribution in [3.63, 3.8) is 0 Å². The van der Waals surface area contributed by atoms with Gasteiger partial charge in [-0.25, -0.2) is 4.98 Å². The van der Waals surface area contributed by atoms with E-state index in [0.717, 1.165) is 60.1 Å². The number of para-hydroxylation sites is 1. The largest absolute Gasteiger partial charge is 0.493 e. The number of aromatic nitrogens is 1. The zero-order chi connectivity index (χ0) is 26.9. The highest BCUT2D eigenvalue weighted by atomic mass is 16.5. The zero-order valence-corrected chi connectivity index (χ0v) is 23.7. The van der Waals surface area contributed by atoms with E-state index in [-0.39, 0.29) is 0 Å². The Bertz CT molecular complexity index is 1180. The van der Waals surface area contributed by atoms with Gasteiger partial charge in [0.25, 0.3) is 0 Å². The first kappa shape index (κ1) is 27.8. The lowest BCUT2D eigenvalue weighted by molar-refractivity contribution is 0.281. The molecule has 0 radical (unpaired) electrons. The summed E-state index contributed by atoms with van der Waals surface area (Å²) in [6.07, 6.45) is 4.70. The summed E-state index contributed by atoms with van der Waals surface area (Å²) in [6, 6.07) is 15.0. The summed E-state index contributed by atoms with van der Waals surface area (Å²) < 4.78 is 17.6. The average Bonchev–Trinajstić information content (AvgIpc) is 2.91. The van der Waals surface area contributed by atoms with Crippen molar-refractivity contribution in [2.24, 2.45) is 5.92 Å². The zero-order valence-electron chi connectivity index (χ0n) is 23.7. The van der Waals surface area contributed by atoms with Gasteiger partial charge in [0.2, 0.25) is 0 Å². The summed E-state index contributed by atoms with van der Waals surface area (Å²) in [5.74, 6) is 4.02. The molecule has 0 atom stereocenters. The molecule has 0 saturated heterocycles. The van der Waals surface area contributed by atoms with Gasteiger partial charge in [0.15, 0.2) is 11.5 Å². The maximum atomic E-state index is 5.93. The van der Waals surface area contributed by atoms with Crippen LogP contribution in [0.3, 0.4) is 0 Å². The predicted molar refractivity (Wildman–Crippen MR) is 157 cm³/mol. The van der Waals surface area contributed by atoms with Crippen molar-refractivity contribution < 1.29 is 14.2 Å². The molecule has 0 aliphatic heterocycles. The van der Waals surface area contributed by atoms with E-state index in [1.807, 2.05) is 26.8 Å². The van der Waals surface area contributed by atoms with Crippen molar-refractivity contribution >= 4 is 22.4 Å². The molecule has 2 N–H and O–H groups in total. The van der Waals surface area contributed by atoms with E-state index in [1.165, 1.54) is 23.9 Å². The van der Waals surface area contributed by atoms with Crippen LogP contribution < -0.4 is 29.7 Å². The van der Waals surface area contributed by atoms with E-state index in [9.17, 15) is 0 Å². The Hall–Kier alpha value is -3.19. The van der Waals surface area contributed by atoms with Gasteiger partial charge < -0.3 is 29.7 Å². The van der Waals surface area contributed by atoms with E-state index in [4.69, 9.17) is 19.2 Å². The van der Waals surface area contributed by atoms with Crippen molar-refractivity contribution in [1.82, 2.24) is 10.3 Å². The second kappa shape index (κ2) is 13.6. The number of fused-ring (bicyclic) bond motifs is 1. The van der Waals surface area contributed by atoms with Gasteiger partial charge in [0, 0.05) is 55.5 Å². The Labute approximate surface area is 227 Å². The monoisotopic (exact) mass is 520 g/mol. The number of rotatable bonds is 13. The number of ether oxygens (including phenoxy) is 3. The smallest absolute Gasteiger partial charge is 0.164 e. The Morgan fingerprint density at radius 2 is 1.50 bits per heavy atom. The fraction of sp³-hybridized carbons (Fsp3) is 0.516. The van der Waals surface area contributed by atoms with Crippen LogP contribution in [0.25, 0.3) is 10.9 Å². The molecule has 1 saturated carbocycles. The van der Waals surface area contributed by atoms with Crippen LogP contribution in [0.5, 0.6) is 17.2 Å². The van der Waals surface area contributed by atoms with Crippen LogP contribution in [-0.4, -0.2) is 51.5 Å². The lowest BCUT2D eigenvalue weighted by atomic mass is 9.86. The van der Waals surface area contributed by atoms with Crippen molar-refractivity contribution in [3.05, 3.63) is 48.0 Å². The number of anilines is 2. The van der Waals surface area contributed by atoms with E-state index in [0.29, 0.717) is 31.8 Å². The van der Waals surface area contributed by atoms with Crippen LogP contribution in [0.2, 0.25) is 0 Å². The first-order chi connectivity index (χ1) is 18.5. The number of hydrogen-bond donors (Lipinski definition) is 2. The molecule has 1 aliphatic carbocycles. The van der Waals surface area contributed by atoms with E-state index in [1.54, 1.807) is 0 Å². The molecule has 1 aliphatic rings. The highest BCUT2D eigenvalue weighted by molar-refractivity contribution is 5.93. The Kier molecular flexibility index (Phi) is 9.93. The van der Waals surface area contributed by atoms with Crippen molar-refractivity contribution in [2.75, 3.05) is 50.7 Å². The molecule has 0 amide bonds. The first-order valence-electron chi connectivity index (χ1n) is 14.1. The normalized spacial score (nSPS) is 17.3. The van der Waals surface area contributed by atoms with Gasteiger partial charge in [-0.2, -0.15) is 0 Å². The van der Waals surface area contributed by atoms with Crippen LogP contribution in [0.15, 0.2) is 42.5 Å². The lowest BCUT2D eigenvalue weighted by Gasteiger charge is -2.30. The molecule has 0 unspecified atom stereocenters. The molecule has 4 rings (SSSR count). The third kappa shape index (κ3) is 7.01. The van der Waals surface area contributed by atoms with Gasteiger partial charge >= 0.3 is 0 Å². The highest BCUT2D eigenvalue weighted by Gasteiger charge is 2.22. The quantitative estimate of drug-likeness (QED) is 0.276. The van der Waals surface area contributed by atoms with Gasteiger partial charge in [-0.3, -0.25) is 0 Å². The number of nitrogens with zero attached hydrogens (tertiary/aromatic N) is 2. The molecule has 1 aromatic heterocycles. The minimum atomic E-state index is 0.458. The molecule has 0 bridgehead atoms. The maximum Gasteiger partial charge on any atom is 0.164 e. The molecule has 0 spiro atoms. The summed E-state index contributed by atoms with van der Waals surface area (Å²) in [5.41, 5.74) is 3.34. The molecular formula is C31H44N4O3. The van der Waals surface area contributed by atoms with Crippen LogP contribution in [0, 0.1) is 5.92 Å².